The Hall–Kier alpha value is -2.74. The van der Waals surface area contributed by atoms with E-state index in [1.807, 2.05) is 24.3 Å². The van der Waals surface area contributed by atoms with Crippen LogP contribution in [0.15, 0.2) is 57.6 Å². The molecule has 0 spiro atoms. The van der Waals surface area contributed by atoms with E-state index < -0.39 is 12.0 Å². The number of rotatable bonds is 5. The molecule has 6 nitrogen and oxygen atoms in total. The minimum atomic E-state index is -0.820. The van der Waals surface area contributed by atoms with Gasteiger partial charge in [0, 0.05) is 10.0 Å². The highest BCUT2D eigenvalue weighted by molar-refractivity contribution is 9.10. The lowest BCUT2D eigenvalue weighted by Gasteiger charge is -2.13. The monoisotopic (exact) mass is 405 g/mol. The maximum Gasteiger partial charge on any atom is 0.266 e. The van der Waals surface area contributed by atoms with Crippen LogP contribution in [-0.2, 0) is 4.79 Å². The molecule has 3 aromatic rings. The molecule has 2 aromatic carbocycles. The molecule has 128 valence electrons. The van der Waals surface area contributed by atoms with Crippen molar-refractivity contribution < 1.29 is 18.6 Å². The molecule has 1 amide bonds. The molecule has 0 saturated heterocycles. The van der Waals surface area contributed by atoms with Gasteiger partial charge in [0.25, 0.3) is 5.91 Å². The van der Waals surface area contributed by atoms with Crippen molar-refractivity contribution in [1.82, 2.24) is 10.3 Å². The number of ether oxygens (including phenoxy) is 1. The van der Waals surface area contributed by atoms with E-state index in [0.29, 0.717) is 11.4 Å². The van der Waals surface area contributed by atoms with Crippen LogP contribution < -0.4 is 10.1 Å². The van der Waals surface area contributed by atoms with E-state index in [4.69, 9.17) is 9.37 Å². The van der Waals surface area contributed by atoms with Gasteiger partial charge in [-0.3, -0.25) is 4.79 Å². The van der Waals surface area contributed by atoms with Crippen molar-refractivity contribution in [3.63, 3.8) is 0 Å². The van der Waals surface area contributed by atoms with Crippen molar-refractivity contribution in [2.24, 2.45) is 0 Å². The van der Waals surface area contributed by atoms with E-state index in [2.05, 4.69) is 31.6 Å². The summed E-state index contributed by atoms with van der Waals surface area (Å²) in [5.41, 5.74) is 1.15. The summed E-state index contributed by atoms with van der Waals surface area (Å²) in [4.78, 5) is 12.3. The third-order valence-corrected chi connectivity index (χ3v) is 3.87. The normalized spacial score (nSPS) is 11.8. The third kappa shape index (κ3) is 4.21. The number of amides is 1. The molecule has 0 aliphatic rings. The van der Waals surface area contributed by atoms with Crippen LogP contribution >= 0.6 is 15.9 Å². The summed E-state index contributed by atoms with van der Waals surface area (Å²) in [6.45, 7) is 1.57. The second-order valence-electron chi connectivity index (χ2n) is 5.17. The second kappa shape index (κ2) is 7.43. The molecule has 1 atom stereocenters. The lowest BCUT2D eigenvalue weighted by Crippen LogP contribution is -2.30. The zero-order valence-corrected chi connectivity index (χ0v) is 14.7. The molecule has 25 heavy (non-hydrogen) atoms. The zero-order valence-electron chi connectivity index (χ0n) is 13.1. The van der Waals surface area contributed by atoms with Crippen LogP contribution in [0.4, 0.5) is 10.2 Å². The van der Waals surface area contributed by atoms with Crippen molar-refractivity contribution in [2.75, 3.05) is 5.32 Å². The van der Waals surface area contributed by atoms with Gasteiger partial charge in [-0.15, -0.1) is 0 Å². The van der Waals surface area contributed by atoms with Gasteiger partial charge in [0.05, 0.1) is 0 Å². The quantitative estimate of drug-likeness (QED) is 0.692. The first-order valence-electron chi connectivity index (χ1n) is 7.34. The Morgan fingerprint density at radius 3 is 2.52 bits per heavy atom. The first-order chi connectivity index (χ1) is 12.0. The van der Waals surface area contributed by atoms with Crippen LogP contribution in [0.3, 0.4) is 0 Å². The Morgan fingerprint density at radius 1 is 1.16 bits per heavy atom. The molecule has 0 fully saturated rings. The highest BCUT2D eigenvalue weighted by Gasteiger charge is 2.20. The number of aromatic nitrogens is 2. The zero-order chi connectivity index (χ0) is 17.8. The predicted molar refractivity (Wildman–Crippen MR) is 92.6 cm³/mol. The molecule has 0 aliphatic heterocycles. The number of nitrogens with one attached hydrogen (secondary N) is 1. The number of hydrogen-bond donors (Lipinski definition) is 1. The van der Waals surface area contributed by atoms with Crippen molar-refractivity contribution in [2.45, 2.75) is 13.0 Å². The number of benzene rings is 2. The van der Waals surface area contributed by atoms with E-state index in [1.165, 1.54) is 24.3 Å². The standard InChI is InChI=1S/C17H13BrFN3O3/c1-10(24-14-8-6-13(19)7-9-14)17(23)20-16-15(21-25-22-16)11-2-4-12(18)5-3-11/h2-10H,1H3,(H,20,22,23)/t10-/m0/s1. The van der Waals surface area contributed by atoms with Gasteiger partial charge in [-0.05, 0) is 53.6 Å². The van der Waals surface area contributed by atoms with Crippen molar-refractivity contribution in [3.8, 4) is 17.0 Å². The van der Waals surface area contributed by atoms with E-state index in [0.717, 1.165) is 10.0 Å². The minimum absolute atomic E-state index is 0.196. The van der Waals surface area contributed by atoms with E-state index >= 15 is 0 Å². The van der Waals surface area contributed by atoms with Gasteiger partial charge in [0.2, 0.25) is 5.82 Å². The number of halogens is 2. The molecule has 0 aliphatic carbocycles. The number of nitrogens with zero attached hydrogens (tertiary/aromatic N) is 2. The highest BCUT2D eigenvalue weighted by atomic mass is 79.9. The fourth-order valence-electron chi connectivity index (χ4n) is 2.06. The Balaban J connectivity index is 1.70. The molecule has 8 heteroatoms. The molecule has 0 radical (unpaired) electrons. The summed E-state index contributed by atoms with van der Waals surface area (Å²) in [5.74, 6) is -0.229. The van der Waals surface area contributed by atoms with E-state index in [-0.39, 0.29) is 11.6 Å². The largest absolute Gasteiger partial charge is 0.481 e. The molecule has 1 aromatic heterocycles. The molecule has 0 bridgehead atoms. The second-order valence-corrected chi connectivity index (χ2v) is 6.09. The topological polar surface area (TPSA) is 77.2 Å². The molecule has 3 rings (SSSR count). The van der Waals surface area contributed by atoms with Crippen molar-refractivity contribution >= 4 is 27.7 Å². The van der Waals surface area contributed by atoms with Crippen LogP contribution in [0.2, 0.25) is 0 Å². The highest BCUT2D eigenvalue weighted by Crippen LogP contribution is 2.26. The maximum atomic E-state index is 12.9. The van der Waals surface area contributed by atoms with Gasteiger partial charge < -0.3 is 10.1 Å². The lowest BCUT2D eigenvalue weighted by atomic mass is 10.1. The average Bonchev–Trinajstić information content (AvgIpc) is 3.05. The molecule has 1 heterocycles. The maximum absolute atomic E-state index is 12.9. The van der Waals surface area contributed by atoms with Crippen molar-refractivity contribution in [1.29, 1.82) is 0 Å². The number of carbonyl (C=O) groups is 1. The lowest BCUT2D eigenvalue weighted by molar-refractivity contribution is -0.122. The van der Waals surface area contributed by atoms with Crippen LogP contribution in [0.5, 0.6) is 5.75 Å². The fourth-order valence-corrected chi connectivity index (χ4v) is 2.32. The summed E-state index contributed by atoms with van der Waals surface area (Å²) in [6.07, 6.45) is -0.820. The summed E-state index contributed by atoms with van der Waals surface area (Å²) in [6, 6.07) is 12.7. The molecular weight excluding hydrogens is 393 g/mol. The Labute approximate surface area is 151 Å². The SMILES string of the molecule is C[C@H](Oc1ccc(F)cc1)C(=O)Nc1nonc1-c1ccc(Br)cc1. The first-order valence-corrected chi connectivity index (χ1v) is 8.14. The average molecular weight is 406 g/mol. The van der Waals surface area contributed by atoms with Crippen LogP contribution in [0, 0.1) is 5.82 Å². The Bertz CT molecular complexity index is 866. The van der Waals surface area contributed by atoms with E-state index in [1.54, 1.807) is 6.92 Å². The predicted octanol–water partition coefficient (Wildman–Crippen LogP) is 4.04. The fraction of sp³-hybridized carbons (Fsp3) is 0.118. The summed E-state index contributed by atoms with van der Waals surface area (Å²) in [7, 11) is 0. The Morgan fingerprint density at radius 2 is 1.84 bits per heavy atom. The van der Waals surface area contributed by atoms with Crippen LogP contribution in [-0.4, -0.2) is 22.3 Å². The minimum Gasteiger partial charge on any atom is -0.481 e. The van der Waals surface area contributed by atoms with Gasteiger partial charge in [-0.1, -0.05) is 28.1 Å². The summed E-state index contributed by atoms with van der Waals surface area (Å²) < 4.78 is 24.0. The van der Waals surface area contributed by atoms with Gasteiger partial charge in [-0.2, -0.15) is 0 Å². The molecule has 0 unspecified atom stereocenters. The smallest absolute Gasteiger partial charge is 0.266 e. The van der Waals surface area contributed by atoms with Gasteiger partial charge >= 0.3 is 0 Å². The summed E-state index contributed by atoms with van der Waals surface area (Å²) >= 11 is 3.35. The molecule has 0 saturated carbocycles. The van der Waals surface area contributed by atoms with Crippen molar-refractivity contribution in [3.05, 3.63) is 58.8 Å². The van der Waals surface area contributed by atoms with Gasteiger partial charge in [0.1, 0.15) is 11.6 Å². The number of carbonyl (C=O) groups excluding carboxylic acids is 1. The van der Waals surface area contributed by atoms with Crippen LogP contribution in [0.25, 0.3) is 11.3 Å². The molecular formula is C17H13BrFN3O3. The third-order valence-electron chi connectivity index (χ3n) is 3.34. The first kappa shape index (κ1) is 17.1. The van der Waals surface area contributed by atoms with Crippen LogP contribution in [0.1, 0.15) is 6.92 Å². The number of anilines is 1. The number of hydrogen-bond acceptors (Lipinski definition) is 5. The molecule has 1 N–H and O–H groups in total. The van der Waals surface area contributed by atoms with Gasteiger partial charge in [0.15, 0.2) is 11.8 Å². The summed E-state index contributed by atoms with van der Waals surface area (Å²) in [5, 5.41) is 10.2. The van der Waals surface area contributed by atoms with E-state index in [9.17, 15) is 9.18 Å². The van der Waals surface area contributed by atoms with Gasteiger partial charge in [-0.25, -0.2) is 9.02 Å². The Kier molecular flexibility index (Phi) is 5.08.